The van der Waals surface area contributed by atoms with E-state index in [-0.39, 0.29) is 11.5 Å². The van der Waals surface area contributed by atoms with Gasteiger partial charge in [0.05, 0.1) is 0 Å². The number of carbonyl (C=O) groups excluding carboxylic acids is 1. The van der Waals surface area contributed by atoms with Crippen LogP contribution in [-0.4, -0.2) is 66.9 Å². The lowest BCUT2D eigenvalue weighted by atomic mass is 10.0. The molecule has 0 radical (unpaired) electrons. The minimum Gasteiger partial charge on any atom is -0.376 e. The van der Waals surface area contributed by atoms with E-state index in [1.807, 2.05) is 18.0 Å². The smallest absolute Gasteiger partial charge is 0.266 e. The standard InChI is InChI=1S/C17H26N4O/c1-5-9-21(10-6-2)17(22)15(13-18)14-20(4)16-7-11-19(3)12-8-16/h5-6,14,16H,1-2,7-12H2,3-4H3/b15-14-. The Morgan fingerprint density at radius 1 is 1.32 bits per heavy atom. The minimum absolute atomic E-state index is 0.158. The van der Waals surface area contributed by atoms with Crippen LogP contribution in [0.1, 0.15) is 12.8 Å². The van der Waals surface area contributed by atoms with Gasteiger partial charge < -0.3 is 14.7 Å². The lowest BCUT2D eigenvalue weighted by Gasteiger charge is -2.34. The molecule has 0 aromatic rings. The maximum Gasteiger partial charge on any atom is 0.266 e. The quantitative estimate of drug-likeness (QED) is 0.407. The van der Waals surface area contributed by atoms with Crippen LogP contribution >= 0.6 is 0 Å². The molecule has 0 aromatic heterocycles. The van der Waals surface area contributed by atoms with E-state index in [1.165, 1.54) is 0 Å². The average Bonchev–Trinajstić information content (AvgIpc) is 2.52. The second kappa shape index (κ2) is 9.06. The van der Waals surface area contributed by atoms with Crippen molar-refractivity contribution in [2.45, 2.75) is 18.9 Å². The molecule has 0 bridgehead atoms. The van der Waals surface area contributed by atoms with E-state index in [0.717, 1.165) is 25.9 Å². The van der Waals surface area contributed by atoms with Crippen LogP contribution in [0.25, 0.3) is 0 Å². The SMILES string of the molecule is C=CCN(CC=C)C(=O)/C(C#N)=C\N(C)C1CCN(C)CC1. The molecule has 22 heavy (non-hydrogen) atoms. The molecule has 5 heteroatoms. The third-order valence-corrected chi connectivity index (χ3v) is 3.93. The van der Waals surface area contributed by atoms with Crippen molar-refractivity contribution in [3.63, 3.8) is 0 Å². The summed E-state index contributed by atoms with van der Waals surface area (Å²) in [5, 5.41) is 9.32. The molecule has 5 nitrogen and oxygen atoms in total. The fourth-order valence-corrected chi connectivity index (χ4v) is 2.57. The summed E-state index contributed by atoms with van der Waals surface area (Å²) in [4.78, 5) is 18.3. The Balaban J connectivity index is 2.79. The first-order chi connectivity index (χ1) is 10.5. The van der Waals surface area contributed by atoms with Crippen molar-refractivity contribution in [2.75, 3.05) is 40.3 Å². The first-order valence-corrected chi connectivity index (χ1v) is 7.57. The zero-order valence-electron chi connectivity index (χ0n) is 13.7. The molecular formula is C17H26N4O. The molecule has 0 unspecified atom stereocenters. The molecule has 0 aromatic carbocycles. The summed E-state index contributed by atoms with van der Waals surface area (Å²) >= 11 is 0. The highest BCUT2D eigenvalue weighted by Crippen LogP contribution is 2.15. The number of nitriles is 1. The molecule has 1 rings (SSSR count). The third-order valence-electron chi connectivity index (χ3n) is 3.93. The summed E-state index contributed by atoms with van der Waals surface area (Å²) in [7, 11) is 4.05. The van der Waals surface area contributed by atoms with Crippen LogP contribution in [-0.2, 0) is 4.79 Å². The molecule has 1 saturated heterocycles. The summed E-state index contributed by atoms with van der Waals surface area (Å²) in [5.74, 6) is -0.276. The van der Waals surface area contributed by atoms with Crippen LogP contribution in [0, 0.1) is 11.3 Å². The Bertz CT molecular complexity index is 460. The Morgan fingerprint density at radius 3 is 2.32 bits per heavy atom. The number of amides is 1. The lowest BCUT2D eigenvalue weighted by Crippen LogP contribution is -2.40. The summed E-state index contributed by atoms with van der Waals surface area (Å²) in [6.07, 6.45) is 7.06. The Labute approximate surface area is 133 Å². The Morgan fingerprint density at radius 2 is 1.86 bits per heavy atom. The topological polar surface area (TPSA) is 50.6 Å². The van der Waals surface area contributed by atoms with E-state index >= 15 is 0 Å². The van der Waals surface area contributed by atoms with Gasteiger partial charge in [0.25, 0.3) is 5.91 Å². The molecular weight excluding hydrogens is 276 g/mol. The third kappa shape index (κ3) is 5.05. The predicted octanol–water partition coefficient (Wildman–Crippen LogP) is 1.62. The van der Waals surface area contributed by atoms with Crippen molar-refractivity contribution in [3.8, 4) is 6.07 Å². The molecule has 1 heterocycles. The van der Waals surface area contributed by atoms with E-state index in [1.54, 1.807) is 23.3 Å². The molecule has 0 saturated carbocycles. The fraction of sp³-hybridized carbons (Fsp3) is 0.529. The van der Waals surface area contributed by atoms with E-state index in [2.05, 4.69) is 25.1 Å². The summed E-state index contributed by atoms with van der Waals surface area (Å²) < 4.78 is 0. The highest BCUT2D eigenvalue weighted by atomic mass is 16.2. The van der Waals surface area contributed by atoms with Crippen molar-refractivity contribution in [1.82, 2.24) is 14.7 Å². The number of piperidine rings is 1. The number of hydrogen-bond acceptors (Lipinski definition) is 4. The van der Waals surface area contributed by atoms with Gasteiger partial charge >= 0.3 is 0 Å². The second-order valence-corrected chi connectivity index (χ2v) is 5.64. The van der Waals surface area contributed by atoms with Crippen LogP contribution in [0.4, 0.5) is 0 Å². The van der Waals surface area contributed by atoms with Crippen LogP contribution in [0.15, 0.2) is 37.1 Å². The van der Waals surface area contributed by atoms with Gasteiger partial charge in [-0.15, -0.1) is 13.2 Å². The van der Waals surface area contributed by atoms with E-state index < -0.39 is 0 Å². The number of carbonyl (C=O) groups is 1. The molecule has 1 aliphatic rings. The number of hydrogen-bond donors (Lipinski definition) is 0. The molecule has 1 fully saturated rings. The molecule has 1 aliphatic heterocycles. The first kappa shape index (κ1) is 18.0. The number of likely N-dealkylation sites (tertiary alicyclic amines) is 1. The van der Waals surface area contributed by atoms with Gasteiger partial charge in [-0.1, -0.05) is 12.2 Å². The van der Waals surface area contributed by atoms with Crippen molar-refractivity contribution >= 4 is 5.91 Å². The molecule has 1 amide bonds. The van der Waals surface area contributed by atoms with Gasteiger partial charge in [-0.3, -0.25) is 4.79 Å². The van der Waals surface area contributed by atoms with Gasteiger partial charge in [0.2, 0.25) is 0 Å². The van der Waals surface area contributed by atoms with E-state index in [0.29, 0.717) is 19.1 Å². The van der Waals surface area contributed by atoms with Gasteiger partial charge in [0.15, 0.2) is 0 Å². The van der Waals surface area contributed by atoms with Crippen LogP contribution in [0.3, 0.4) is 0 Å². The van der Waals surface area contributed by atoms with Crippen molar-refractivity contribution < 1.29 is 4.79 Å². The van der Waals surface area contributed by atoms with Crippen LogP contribution in [0.2, 0.25) is 0 Å². The lowest BCUT2D eigenvalue weighted by molar-refractivity contribution is -0.125. The average molecular weight is 302 g/mol. The van der Waals surface area contributed by atoms with Gasteiger partial charge in [-0.05, 0) is 33.0 Å². The normalized spacial score (nSPS) is 16.7. The van der Waals surface area contributed by atoms with Crippen molar-refractivity contribution in [2.24, 2.45) is 0 Å². The van der Waals surface area contributed by atoms with Gasteiger partial charge in [0.1, 0.15) is 11.6 Å². The van der Waals surface area contributed by atoms with Crippen molar-refractivity contribution in [1.29, 1.82) is 5.26 Å². The van der Waals surface area contributed by atoms with Crippen LogP contribution < -0.4 is 0 Å². The molecule has 0 spiro atoms. The largest absolute Gasteiger partial charge is 0.376 e. The highest BCUT2D eigenvalue weighted by Gasteiger charge is 2.22. The molecule has 0 atom stereocenters. The minimum atomic E-state index is -0.276. The monoisotopic (exact) mass is 302 g/mol. The summed E-state index contributed by atoms with van der Waals surface area (Å²) in [5.41, 5.74) is 0.158. The van der Waals surface area contributed by atoms with Crippen LogP contribution in [0.5, 0.6) is 0 Å². The second-order valence-electron chi connectivity index (χ2n) is 5.64. The van der Waals surface area contributed by atoms with E-state index in [4.69, 9.17) is 0 Å². The maximum absolute atomic E-state index is 12.4. The molecule has 0 N–H and O–H groups in total. The number of rotatable bonds is 7. The van der Waals surface area contributed by atoms with Gasteiger partial charge in [-0.2, -0.15) is 5.26 Å². The molecule has 0 aliphatic carbocycles. The fourth-order valence-electron chi connectivity index (χ4n) is 2.57. The highest BCUT2D eigenvalue weighted by molar-refractivity contribution is 5.97. The Kier molecular flexibility index (Phi) is 7.41. The zero-order chi connectivity index (χ0) is 16.5. The predicted molar refractivity (Wildman–Crippen MR) is 89.0 cm³/mol. The van der Waals surface area contributed by atoms with E-state index in [9.17, 15) is 10.1 Å². The Hall–Kier alpha value is -2.06. The molecule has 120 valence electrons. The maximum atomic E-state index is 12.4. The summed E-state index contributed by atoms with van der Waals surface area (Å²) in [6, 6.07) is 2.40. The summed E-state index contributed by atoms with van der Waals surface area (Å²) in [6.45, 7) is 10.2. The van der Waals surface area contributed by atoms with Crippen molar-refractivity contribution in [3.05, 3.63) is 37.1 Å². The van der Waals surface area contributed by atoms with Gasteiger partial charge in [-0.25, -0.2) is 0 Å². The van der Waals surface area contributed by atoms with Gasteiger partial charge in [0, 0.05) is 32.4 Å². The number of nitrogens with zero attached hydrogens (tertiary/aromatic N) is 4. The zero-order valence-corrected chi connectivity index (χ0v) is 13.7. The first-order valence-electron chi connectivity index (χ1n) is 7.57.